The molecule has 21 heavy (non-hydrogen) atoms. The SMILES string of the molecule is CNC(Cc1nc2ccccc2s1)c1cccc(F)c1Br. The molecule has 5 heteroatoms. The zero-order chi connectivity index (χ0) is 14.8. The number of thiazole rings is 1. The third kappa shape index (κ3) is 3.00. The van der Waals surface area contributed by atoms with Crippen LogP contribution in [0.4, 0.5) is 4.39 Å². The first-order chi connectivity index (χ1) is 10.2. The van der Waals surface area contributed by atoms with E-state index in [1.807, 2.05) is 31.3 Å². The van der Waals surface area contributed by atoms with Crippen molar-refractivity contribution in [2.75, 3.05) is 7.05 Å². The number of benzene rings is 2. The molecule has 1 N–H and O–H groups in total. The van der Waals surface area contributed by atoms with E-state index in [1.54, 1.807) is 17.4 Å². The summed E-state index contributed by atoms with van der Waals surface area (Å²) in [4.78, 5) is 4.65. The summed E-state index contributed by atoms with van der Waals surface area (Å²) in [5.74, 6) is -0.239. The molecule has 0 spiro atoms. The van der Waals surface area contributed by atoms with E-state index in [0.29, 0.717) is 4.47 Å². The Hall–Kier alpha value is -1.30. The van der Waals surface area contributed by atoms with Crippen LogP contribution in [0.1, 0.15) is 16.6 Å². The van der Waals surface area contributed by atoms with Crippen molar-refractivity contribution in [2.45, 2.75) is 12.5 Å². The maximum absolute atomic E-state index is 13.7. The molecular formula is C16H14BrFN2S. The quantitative estimate of drug-likeness (QED) is 0.725. The zero-order valence-corrected chi connectivity index (χ0v) is 13.8. The lowest BCUT2D eigenvalue weighted by molar-refractivity contribution is 0.570. The number of rotatable bonds is 4. The number of hydrogen-bond acceptors (Lipinski definition) is 3. The first-order valence-corrected chi connectivity index (χ1v) is 8.25. The number of para-hydroxylation sites is 1. The molecule has 0 saturated heterocycles. The number of fused-ring (bicyclic) bond motifs is 1. The standard InChI is InChI=1S/C16H14BrFN2S/c1-19-13(10-5-4-6-11(18)16(10)17)9-15-20-12-7-2-3-8-14(12)21-15/h2-8,13,19H,9H2,1H3. The van der Waals surface area contributed by atoms with Gasteiger partial charge in [-0.1, -0.05) is 24.3 Å². The maximum Gasteiger partial charge on any atom is 0.137 e. The molecule has 1 heterocycles. The van der Waals surface area contributed by atoms with Crippen molar-refractivity contribution in [3.63, 3.8) is 0 Å². The Kier molecular flexibility index (Phi) is 4.33. The molecular weight excluding hydrogens is 351 g/mol. The normalized spacial score (nSPS) is 12.7. The first-order valence-electron chi connectivity index (χ1n) is 6.64. The summed E-state index contributed by atoms with van der Waals surface area (Å²) in [7, 11) is 1.88. The van der Waals surface area contributed by atoms with Crippen LogP contribution in [0.3, 0.4) is 0 Å². The van der Waals surface area contributed by atoms with E-state index in [-0.39, 0.29) is 11.9 Å². The highest BCUT2D eigenvalue weighted by molar-refractivity contribution is 9.10. The van der Waals surface area contributed by atoms with Crippen LogP contribution in [-0.2, 0) is 6.42 Å². The molecule has 3 rings (SSSR count). The van der Waals surface area contributed by atoms with Crippen molar-refractivity contribution in [2.24, 2.45) is 0 Å². The summed E-state index contributed by atoms with van der Waals surface area (Å²) in [6.45, 7) is 0. The molecule has 0 aliphatic heterocycles. The second kappa shape index (κ2) is 6.22. The maximum atomic E-state index is 13.7. The second-order valence-corrected chi connectivity index (χ2v) is 6.67. The van der Waals surface area contributed by atoms with Gasteiger partial charge in [-0.25, -0.2) is 9.37 Å². The van der Waals surface area contributed by atoms with Gasteiger partial charge in [0, 0.05) is 12.5 Å². The molecule has 2 aromatic carbocycles. The van der Waals surface area contributed by atoms with Gasteiger partial charge in [0.15, 0.2) is 0 Å². The lowest BCUT2D eigenvalue weighted by atomic mass is 10.0. The van der Waals surface area contributed by atoms with Crippen LogP contribution in [0, 0.1) is 5.82 Å². The van der Waals surface area contributed by atoms with E-state index in [9.17, 15) is 4.39 Å². The molecule has 108 valence electrons. The number of nitrogens with zero attached hydrogens (tertiary/aromatic N) is 1. The van der Waals surface area contributed by atoms with Gasteiger partial charge in [-0.15, -0.1) is 11.3 Å². The fourth-order valence-corrected chi connectivity index (χ4v) is 3.89. The highest BCUT2D eigenvalue weighted by Crippen LogP contribution is 2.30. The Labute approximate surface area is 135 Å². The van der Waals surface area contributed by atoms with Crippen molar-refractivity contribution in [3.05, 3.63) is 63.3 Å². The average molecular weight is 365 g/mol. The van der Waals surface area contributed by atoms with Crippen LogP contribution in [-0.4, -0.2) is 12.0 Å². The van der Waals surface area contributed by atoms with Gasteiger partial charge >= 0.3 is 0 Å². The van der Waals surface area contributed by atoms with Gasteiger partial charge in [-0.2, -0.15) is 0 Å². The summed E-state index contributed by atoms with van der Waals surface area (Å²) in [5.41, 5.74) is 1.93. The topological polar surface area (TPSA) is 24.9 Å². The minimum Gasteiger partial charge on any atom is -0.313 e. The van der Waals surface area contributed by atoms with Crippen LogP contribution in [0.25, 0.3) is 10.2 Å². The number of aromatic nitrogens is 1. The highest BCUT2D eigenvalue weighted by atomic mass is 79.9. The molecule has 0 saturated carbocycles. The summed E-state index contributed by atoms with van der Waals surface area (Å²) >= 11 is 5.02. The van der Waals surface area contributed by atoms with Crippen molar-refractivity contribution in [1.82, 2.24) is 10.3 Å². The van der Waals surface area contributed by atoms with Crippen LogP contribution in [0.5, 0.6) is 0 Å². The Morgan fingerprint density at radius 2 is 2.05 bits per heavy atom. The van der Waals surface area contributed by atoms with Gasteiger partial charge in [0.1, 0.15) is 5.82 Å². The van der Waals surface area contributed by atoms with Crippen molar-refractivity contribution in [1.29, 1.82) is 0 Å². The van der Waals surface area contributed by atoms with E-state index >= 15 is 0 Å². The number of hydrogen-bond donors (Lipinski definition) is 1. The first kappa shape index (κ1) is 14.6. The van der Waals surface area contributed by atoms with E-state index in [0.717, 1.165) is 22.5 Å². The van der Waals surface area contributed by atoms with Gasteiger partial charge in [-0.3, -0.25) is 0 Å². The van der Waals surface area contributed by atoms with E-state index < -0.39 is 0 Å². The van der Waals surface area contributed by atoms with E-state index in [1.165, 1.54) is 10.8 Å². The molecule has 1 unspecified atom stereocenters. The van der Waals surface area contributed by atoms with Crippen LogP contribution < -0.4 is 5.32 Å². The Bertz CT molecular complexity index is 739. The van der Waals surface area contributed by atoms with Gasteiger partial charge in [0.25, 0.3) is 0 Å². The van der Waals surface area contributed by atoms with Crippen LogP contribution >= 0.6 is 27.3 Å². The van der Waals surface area contributed by atoms with Gasteiger partial charge < -0.3 is 5.32 Å². The van der Waals surface area contributed by atoms with Gasteiger partial charge in [0.05, 0.1) is 19.7 Å². The Morgan fingerprint density at radius 1 is 1.24 bits per heavy atom. The average Bonchev–Trinajstić information content (AvgIpc) is 2.90. The Balaban J connectivity index is 1.92. The zero-order valence-electron chi connectivity index (χ0n) is 11.4. The lowest BCUT2D eigenvalue weighted by Gasteiger charge is -2.17. The molecule has 0 radical (unpaired) electrons. The summed E-state index contributed by atoms with van der Waals surface area (Å²) in [6, 6.07) is 13.2. The van der Waals surface area contributed by atoms with Crippen LogP contribution in [0.15, 0.2) is 46.9 Å². The predicted molar refractivity (Wildman–Crippen MR) is 89.2 cm³/mol. The van der Waals surface area contributed by atoms with Crippen molar-refractivity contribution < 1.29 is 4.39 Å². The molecule has 0 fully saturated rings. The third-order valence-corrected chi connectivity index (χ3v) is 5.32. The van der Waals surface area contributed by atoms with E-state index in [2.05, 4.69) is 32.3 Å². The lowest BCUT2D eigenvalue weighted by Crippen LogP contribution is -2.19. The molecule has 0 aliphatic carbocycles. The monoisotopic (exact) mass is 364 g/mol. The van der Waals surface area contributed by atoms with Crippen molar-refractivity contribution in [3.8, 4) is 0 Å². The van der Waals surface area contributed by atoms with Gasteiger partial charge in [0.2, 0.25) is 0 Å². The predicted octanol–water partition coefficient (Wildman–Crippen LogP) is 4.70. The molecule has 0 amide bonds. The molecule has 3 aromatic rings. The van der Waals surface area contributed by atoms with Crippen LogP contribution in [0.2, 0.25) is 0 Å². The highest BCUT2D eigenvalue weighted by Gasteiger charge is 2.17. The largest absolute Gasteiger partial charge is 0.313 e. The summed E-state index contributed by atoms with van der Waals surface area (Å²) < 4.78 is 15.4. The smallest absolute Gasteiger partial charge is 0.137 e. The number of nitrogens with one attached hydrogen (secondary N) is 1. The molecule has 2 nitrogen and oxygen atoms in total. The van der Waals surface area contributed by atoms with Gasteiger partial charge in [-0.05, 0) is 46.7 Å². The summed E-state index contributed by atoms with van der Waals surface area (Å²) in [5, 5.41) is 4.30. The van der Waals surface area contributed by atoms with E-state index in [4.69, 9.17) is 0 Å². The number of likely N-dealkylation sites (N-methyl/N-ethyl adjacent to an activating group) is 1. The molecule has 1 aromatic heterocycles. The molecule has 0 aliphatic rings. The summed E-state index contributed by atoms with van der Waals surface area (Å²) in [6.07, 6.45) is 0.734. The third-order valence-electron chi connectivity index (χ3n) is 3.42. The Morgan fingerprint density at radius 3 is 2.81 bits per heavy atom. The van der Waals surface area contributed by atoms with Crippen molar-refractivity contribution >= 4 is 37.5 Å². The molecule has 0 bridgehead atoms. The number of halogens is 2. The minimum atomic E-state index is -0.239. The minimum absolute atomic E-state index is 0.0237. The fourth-order valence-electron chi connectivity index (χ4n) is 2.34. The second-order valence-electron chi connectivity index (χ2n) is 4.76. The fraction of sp³-hybridized carbons (Fsp3) is 0.188. The molecule has 1 atom stereocenters.